The number of halogens is 2. The van der Waals surface area contributed by atoms with Gasteiger partial charge in [-0.25, -0.2) is 9.18 Å². The molecule has 2 aromatic rings. The molecule has 1 aliphatic rings. The van der Waals surface area contributed by atoms with Gasteiger partial charge in [0.1, 0.15) is 5.82 Å². The number of carbonyl (C=O) groups is 1. The maximum Gasteiger partial charge on any atom is 0.322 e. The molecule has 6 heteroatoms. The zero-order valence-corrected chi connectivity index (χ0v) is 15.4. The number of aromatic nitrogens is 1. The maximum atomic E-state index is 14.0. The van der Waals surface area contributed by atoms with Gasteiger partial charge in [0.05, 0.1) is 11.7 Å². The third-order valence-electron chi connectivity index (χ3n) is 4.51. The van der Waals surface area contributed by atoms with Crippen molar-refractivity contribution in [3.05, 3.63) is 52.0 Å². The summed E-state index contributed by atoms with van der Waals surface area (Å²) in [4.78, 5) is 14.6. The topological polar surface area (TPSA) is 37.3 Å². The Hall–Kier alpha value is -1.82. The monoisotopic (exact) mass is 393 g/mol. The fourth-order valence-corrected chi connectivity index (χ4v) is 3.64. The summed E-state index contributed by atoms with van der Waals surface area (Å²) in [6.45, 7) is 5.58. The number of carbonyl (C=O) groups excluding carboxylic acids is 1. The van der Waals surface area contributed by atoms with Gasteiger partial charge in [-0.15, -0.1) is 0 Å². The van der Waals surface area contributed by atoms with E-state index in [1.54, 1.807) is 12.1 Å². The third-order valence-corrected chi connectivity index (χ3v) is 5.00. The first-order chi connectivity index (χ1) is 11.5. The van der Waals surface area contributed by atoms with Gasteiger partial charge >= 0.3 is 6.03 Å². The molecule has 0 aliphatic carbocycles. The number of nitrogens with zero attached hydrogens (tertiary/aromatic N) is 2. The van der Waals surface area contributed by atoms with E-state index in [4.69, 9.17) is 0 Å². The normalized spacial score (nSPS) is 16.8. The van der Waals surface area contributed by atoms with Gasteiger partial charge in [-0.3, -0.25) is 0 Å². The van der Waals surface area contributed by atoms with Crippen LogP contribution in [0.15, 0.2) is 34.8 Å². The Labute approximate surface area is 149 Å². The van der Waals surface area contributed by atoms with Gasteiger partial charge in [0.15, 0.2) is 0 Å². The molecular formula is C18H21BrFN3O. The summed E-state index contributed by atoms with van der Waals surface area (Å²) in [7, 11) is 0. The van der Waals surface area contributed by atoms with Crippen LogP contribution in [0.3, 0.4) is 0 Å². The second kappa shape index (κ2) is 6.97. The van der Waals surface area contributed by atoms with Crippen LogP contribution >= 0.6 is 15.9 Å². The van der Waals surface area contributed by atoms with Gasteiger partial charge in [0, 0.05) is 29.0 Å². The highest BCUT2D eigenvalue weighted by Crippen LogP contribution is 2.32. The van der Waals surface area contributed by atoms with E-state index in [2.05, 4.69) is 51.8 Å². The van der Waals surface area contributed by atoms with E-state index < -0.39 is 5.82 Å². The molecule has 0 bridgehead atoms. The molecule has 2 heterocycles. The number of fused-ring (bicyclic) bond motifs is 1. The quantitative estimate of drug-likeness (QED) is 0.774. The molecule has 0 saturated carbocycles. The summed E-state index contributed by atoms with van der Waals surface area (Å²) in [5.41, 5.74) is 2.58. The molecule has 1 unspecified atom stereocenters. The lowest BCUT2D eigenvalue weighted by Gasteiger charge is -2.37. The molecule has 1 aromatic heterocycles. The molecular weight excluding hydrogens is 373 g/mol. The van der Waals surface area contributed by atoms with Crippen molar-refractivity contribution in [2.24, 2.45) is 0 Å². The van der Waals surface area contributed by atoms with Crippen LogP contribution in [-0.4, -0.2) is 22.0 Å². The van der Waals surface area contributed by atoms with Crippen LogP contribution in [0.1, 0.15) is 37.2 Å². The predicted octanol–water partition coefficient (Wildman–Crippen LogP) is 5.09. The highest BCUT2D eigenvalue weighted by molar-refractivity contribution is 9.10. The smallest absolute Gasteiger partial charge is 0.322 e. The van der Waals surface area contributed by atoms with Crippen molar-refractivity contribution >= 4 is 27.6 Å². The number of nitrogens with one attached hydrogen (secondary N) is 1. The van der Waals surface area contributed by atoms with Crippen LogP contribution in [0.2, 0.25) is 0 Å². The molecule has 1 atom stereocenters. The van der Waals surface area contributed by atoms with E-state index in [0.717, 1.165) is 25.1 Å². The molecule has 4 nitrogen and oxygen atoms in total. The van der Waals surface area contributed by atoms with Crippen molar-refractivity contribution < 1.29 is 9.18 Å². The minimum Gasteiger partial charge on any atom is -0.345 e. The molecule has 0 saturated heterocycles. The lowest BCUT2D eigenvalue weighted by atomic mass is 10.0. The molecule has 2 amide bonds. The first-order valence-corrected chi connectivity index (χ1v) is 8.99. The minimum absolute atomic E-state index is 0.0240. The third kappa shape index (κ3) is 3.20. The van der Waals surface area contributed by atoms with E-state index in [9.17, 15) is 9.18 Å². The highest BCUT2D eigenvalue weighted by Gasteiger charge is 2.31. The largest absolute Gasteiger partial charge is 0.345 e. The van der Waals surface area contributed by atoms with Crippen molar-refractivity contribution in [3.63, 3.8) is 0 Å². The SMILES string of the molecule is CCCC1c2ccc(C)n2CCN1C(=O)Nc1ccc(Br)cc1F. The zero-order valence-electron chi connectivity index (χ0n) is 13.9. The van der Waals surface area contributed by atoms with Crippen LogP contribution in [0.25, 0.3) is 0 Å². The van der Waals surface area contributed by atoms with Crippen LogP contribution in [0, 0.1) is 12.7 Å². The fourth-order valence-electron chi connectivity index (χ4n) is 3.31. The number of urea groups is 1. The molecule has 1 aliphatic heterocycles. The average molecular weight is 394 g/mol. The molecule has 3 rings (SSSR count). The van der Waals surface area contributed by atoms with Crippen LogP contribution in [0.5, 0.6) is 0 Å². The Morgan fingerprint density at radius 3 is 2.83 bits per heavy atom. The first-order valence-electron chi connectivity index (χ1n) is 8.20. The molecule has 24 heavy (non-hydrogen) atoms. The van der Waals surface area contributed by atoms with Crippen molar-refractivity contribution in [1.82, 2.24) is 9.47 Å². The fraction of sp³-hybridized carbons (Fsp3) is 0.389. The van der Waals surface area contributed by atoms with Gasteiger partial charge in [-0.1, -0.05) is 29.3 Å². The van der Waals surface area contributed by atoms with Gasteiger partial charge in [-0.2, -0.15) is 0 Å². The zero-order chi connectivity index (χ0) is 17.3. The Morgan fingerprint density at radius 2 is 2.12 bits per heavy atom. The van der Waals surface area contributed by atoms with Gasteiger partial charge in [0.2, 0.25) is 0 Å². The van der Waals surface area contributed by atoms with Crippen molar-refractivity contribution in [2.45, 2.75) is 39.3 Å². The van der Waals surface area contributed by atoms with Gasteiger partial charge in [-0.05, 0) is 43.7 Å². The molecule has 1 N–H and O–H groups in total. The lowest BCUT2D eigenvalue weighted by Crippen LogP contribution is -2.44. The number of hydrogen-bond donors (Lipinski definition) is 1. The molecule has 128 valence electrons. The predicted molar refractivity (Wildman–Crippen MR) is 96.6 cm³/mol. The average Bonchev–Trinajstić information content (AvgIpc) is 2.92. The van der Waals surface area contributed by atoms with Crippen LogP contribution in [0.4, 0.5) is 14.9 Å². The molecule has 0 radical (unpaired) electrons. The van der Waals surface area contributed by atoms with Crippen LogP contribution in [-0.2, 0) is 6.54 Å². The summed E-state index contributed by atoms with van der Waals surface area (Å²) in [6, 6.07) is 8.60. The van der Waals surface area contributed by atoms with E-state index in [-0.39, 0.29) is 17.8 Å². The summed E-state index contributed by atoms with van der Waals surface area (Å²) in [6.07, 6.45) is 1.87. The molecule has 0 fully saturated rings. The highest BCUT2D eigenvalue weighted by atomic mass is 79.9. The lowest BCUT2D eigenvalue weighted by molar-refractivity contribution is 0.162. The molecule has 0 spiro atoms. The Morgan fingerprint density at radius 1 is 1.33 bits per heavy atom. The summed E-state index contributed by atoms with van der Waals surface area (Å²) in [5, 5.41) is 2.72. The number of benzene rings is 1. The number of aryl methyl sites for hydroxylation is 1. The van der Waals surface area contributed by atoms with E-state index in [1.165, 1.54) is 11.8 Å². The first kappa shape index (κ1) is 17.0. The van der Waals surface area contributed by atoms with Crippen molar-refractivity contribution in [1.29, 1.82) is 0 Å². The summed E-state index contributed by atoms with van der Waals surface area (Å²) in [5.74, 6) is -0.444. The summed E-state index contributed by atoms with van der Waals surface area (Å²) >= 11 is 3.22. The minimum atomic E-state index is -0.444. The second-order valence-corrected chi connectivity index (χ2v) is 7.02. The van der Waals surface area contributed by atoms with Crippen molar-refractivity contribution in [2.75, 3.05) is 11.9 Å². The maximum absolute atomic E-state index is 14.0. The number of hydrogen-bond acceptors (Lipinski definition) is 1. The summed E-state index contributed by atoms with van der Waals surface area (Å²) < 4.78 is 16.9. The Kier molecular flexibility index (Phi) is 4.94. The van der Waals surface area contributed by atoms with Crippen molar-refractivity contribution in [3.8, 4) is 0 Å². The second-order valence-electron chi connectivity index (χ2n) is 6.10. The number of anilines is 1. The Bertz CT molecular complexity index is 759. The van der Waals surface area contributed by atoms with E-state index in [1.807, 2.05) is 4.90 Å². The Balaban J connectivity index is 1.83. The standard InChI is InChI=1S/C18H21BrFN3O/c1-3-4-16-17-8-5-12(2)22(17)9-10-23(16)18(24)21-15-7-6-13(19)11-14(15)20/h5-8,11,16H,3-4,9-10H2,1-2H3,(H,21,24). The van der Waals surface area contributed by atoms with E-state index >= 15 is 0 Å². The van der Waals surface area contributed by atoms with Crippen LogP contribution < -0.4 is 5.32 Å². The van der Waals surface area contributed by atoms with Gasteiger partial charge < -0.3 is 14.8 Å². The van der Waals surface area contributed by atoms with Gasteiger partial charge in [0.25, 0.3) is 0 Å². The number of amides is 2. The number of rotatable bonds is 3. The van der Waals surface area contributed by atoms with E-state index in [0.29, 0.717) is 11.0 Å². The molecule has 1 aromatic carbocycles.